The van der Waals surface area contributed by atoms with Gasteiger partial charge in [0.15, 0.2) is 0 Å². The van der Waals surface area contributed by atoms with Crippen molar-refractivity contribution in [1.29, 1.82) is 0 Å². The standard InChI is InChI=1S/C9H18N2O2/c1-2-5-10-9(13)11(6-7-12)8-3-4-8/h8,12H,2-7H2,1H3,(H,10,13). The summed E-state index contributed by atoms with van der Waals surface area (Å²) in [6, 6.07) is 0.349. The van der Waals surface area contributed by atoms with Crippen molar-refractivity contribution in [2.24, 2.45) is 0 Å². The second-order valence-electron chi connectivity index (χ2n) is 3.38. The van der Waals surface area contributed by atoms with Gasteiger partial charge in [0.2, 0.25) is 0 Å². The predicted molar refractivity (Wildman–Crippen MR) is 50.5 cm³/mol. The van der Waals surface area contributed by atoms with Crippen LogP contribution in [0.15, 0.2) is 0 Å². The Morgan fingerprint density at radius 2 is 2.31 bits per heavy atom. The van der Waals surface area contributed by atoms with Crippen LogP contribution in [0.25, 0.3) is 0 Å². The second kappa shape index (κ2) is 5.07. The van der Waals surface area contributed by atoms with Gasteiger partial charge in [0.05, 0.1) is 6.61 Å². The van der Waals surface area contributed by atoms with Gasteiger partial charge in [-0.1, -0.05) is 6.92 Å². The minimum Gasteiger partial charge on any atom is -0.395 e. The van der Waals surface area contributed by atoms with Gasteiger partial charge < -0.3 is 15.3 Å². The molecule has 1 rings (SSSR count). The summed E-state index contributed by atoms with van der Waals surface area (Å²) in [5.74, 6) is 0. The molecular weight excluding hydrogens is 168 g/mol. The number of amides is 2. The van der Waals surface area contributed by atoms with E-state index >= 15 is 0 Å². The maximum absolute atomic E-state index is 11.5. The van der Waals surface area contributed by atoms with E-state index in [2.05, 4.69) is 5.32 Å². The zero-order valence-electron chi connectivity index (χ0n) is 8.12. The quantitative estimate of drug-likeness (QED) is 0.659. The van der Waals surface area contributed by atoms with E-state index in [1.54, 1.807) is 4.90 Å². The Balaban J connectivity index is 2.29. The molecule has 4 heteroatoms. The van der Waals surface area contributed by atoms with Gasteiger partial charge in [-0.2, -0.15) is 0 Å². The van der Waals surface area contributed by atoms with Crippen LogP contribution in [-0.4, -0.2) is 41.8 Å². The molecule has 0 radical (unpaired) electrons. The predicted octanol–water partition coefficient (Wildman–Crippen LogP) is 0.563. The van der Waals surface area contributed by atoms with Crippen molar-refractivity contribution >= 4 is 6.03 Å². The molecule has 1 aliphatic rings. The molecule has 0 heterocycles. The molecule has 4 nitrogen and oxygen atoms in total. The first-order valence-electron chi connectivity index (χ1n) is 4.95. The number of urea groups is 1. The zero-order valence-corrected chi connectivity index (χ0v) is 8.12. The number of hydrogen-bond acceptors (Lipinski definition) is 2. The van der Waals surface area contributed by atoms with Crippen molar-refractivity contribution in [2.75, 3.05) is 19.7 Å². The Hall–Kier alpha value is -0.770. The molecule has 0 aliphatic heterocycles. The number of carbonyl (C=O) groups excluding carboxylic acids is 1. The molecule has 0 aromatic rings. The largest absolute Gasteiger partial charge is 0.395 e. The maximum Gasteiger partial charge on any atom is 0.317 e. The monoisotopic (exact) mass is 186 g/mol. The lowest BCUT2D eigenvalue weighted by Gasteiger charge is -2.21. The number of aliphatic hydroxyl groups excluding tert-OH is 1. The minimum atomic E-state index is -0.0293. The van der Waals surface area contributed by atoms with E-state index in [0.29, 0.717) is 19.1 Å². The highest BCUT2D eigenvalue weighted by Crippen LogP contribution is 2.26. The van der Waals surface area contributed by atoms with E-state index in [-0.39, 0.29) is 12.6 Å². The lowest BCUT2D eigenvalue weighted by atomic mass is 10.4. The van der Waals surface area contributed by atoms with Gasteiger partial charge in [-0.25, -0.2) is 4.79 Å². The van der Waals surface area contributed by atoms with Gasteiger partial charge >= 0.3 is 6.03 Å². The maximum atomic E-state index is 11.5. The summed E-state index contributed by atoms with van der Waals surface area (Å²) >= 11 is 0. The Kier molecular flexibility index (Phi) is 4.02. The van der Waals surface area contributed by atoms with Crippen molar-refractivity contribution in [2.45, 2.75) is 32.2 Å². The third-order valence-corrected chi connectivity index (χ3v) is 2.12. The Morgan fingerprint density at radius 3 is 2.77 bits per heavy atom. The van der Waals surface area contributed by atoms with E-state index < -0.39 is 0 Å². The van der Waals surface area contributed by atoms with Crippen LogP contribution >= 0.6 is 0 Å². The molecule has 0 unspecified atom stereocenters. The van der Waals surface area contributed by atoms with Crippen molar-refractivity contribution in [1.82, 2.24) is 10.2 Å². The van der Waals surface area contributed by atoms with Crippen LogP contribution in [0.1, 0.15) is 26.2 Å². The lowest BCUT2D eigenvalue weighted by Crippen LogP contribution is -2.43. The zero-order chi connectivity index (χ0) is 9.68. The molecule has 1 saturated carbocycles. The molecule has 0 saturated heterocycles. The van der Waals surface area contributed by atoms with E-state index in [9.17, 15) is 4.79 Å². The lowest BCUT2D eigenvalue weighted by molar-refractivity contribution is 0.174. The number of nitrogens with zero attached hydrogens (tertiary/aromatic N) is 1. The van der Waals surface area contributed by atoms with Gasteiger partial charge in [-0.05, 0) is 19.3 Å². The van der Waals surface area contributed by atoms with Crippen LogP contribution in [0.2, 0.25) is 0 Å². The Bertz CT molecular complexity index is 169. The SMILES string of the molecule is CCCNC(=O)N(CCO)C1CC1. The number of carbonyl (C=O) groups is 1. The highest BCUT2D eigenvalue weighted by Gasteiger charge is 2.31. The molecule has 2 N–H and O–H groups in total. The summed E-state index contributed by atoms with van der Waals surface area (Å²) in [7, 11) is 0. The fourth-order valence-electron chi connectivity index (χ4n) is 1.28. The summed E-state index contributed by atoms with van der Waals surface area (Å²) < 4.78 is 0. The third-order valence-electron chi connectivity index (χ3n) is 2.12. The van der Waals surface area contributed by atoms with E-state index in [0.717, 1.165) is 19.3 Å². The normalized spacial score (nSPS) is 15.5. The van der Waals surface area contributed by atoms with Crippen molar-refractivity contribution in [3.8, 4) is 0 Å². The van der Waals surface area contributed by atoms with E-state index in [1.807, 2.05) is 6.92 Å². The van der Waals surface area contributed by atoms with Crippen LogP contribution < -0.4 is 5.32 Å². The highest BCUT2D eigenvalue weighted by molar-refractivity contribution is 5.74. The van der Waals surface area contributed by atoms with Crippen LogP contribution in [0, 0.1) is 0 Å². The molecule has 1 fully saturated rings. The van der Waals surface area contributed by atoms with Gasteiger partial charge in [0.1, 0.15) is 0 Å². The van der Waals surface area contributed by atoms with Gasteiger partial charge in [0, 0.05) is 19.1 Å². The Labute approximate surface area is 78.9 Å². The summed E-state index contributed by atoms with van der Waals surface area (Å²) in [5.41, 5.74) is 0. The fourth-order valence-corrected chi connectivity index (χ4v) is 1.28. The molecule has 2 amide bonds. The first-order chi connectivity index (χ1) is 6.29. The highest BCUT2D eigenvalue weighted by atomic mass is 16.3. The van der Waals surface area contributed by atoms with E-state index in [1.165, 1.54) is 0 Å². The summed E-state index contributed by atoms with van der Waals surface area (Å²) in [4.78, 5) is 13.2. The molecule has 0 spiro atoms. The first-order valence-corrected chi connectivity index (χ1v) is 4.95. The Morgan fingerprint density at radius 1 is 1.62 bits per heavy atom. The van der Waals surface area contributed by atoms with Crippen LogP contribution in [0.4, 0.5) is 4.79 Å². The van der Waals surface area contributed by atoms with Crippen LogP contribution in [-0.2, 0) is 0 Å². The molecule has 1 aliphatic carbocycles. The van der Waals surface area contributed by atoms with Crippen molar-refractivity contribution in [3.05, 3.63) is 0 Å². The van der Waals surface area contributed by atoms with Crippen LogP contribution in [0.5, 0.6) is 0 Å². The number of nitrogens with one attached hydrogen (secondary N) is 1. The van der Waals surface area contributed by atoms with Gasteiger partial charge in [-0.3, -0.25) is 0 Å². The van der Waals surface area contributed by atoms with E-state index in [4.69, 9.17) is 5.11 Å². The van der Waals surface area contributed by atoms with Gasteiger partial charge in [0.25, 0.3) is 0 Å². The molecule has 0 bridgehead atoms. The summed E-state index contributed by atoms with van der Waals surface area (Å²) in [6.07, 6.45) is 3.11. The molecule has 0 aromatic heterocycles. The molecule has 0 atom stereocenters. The van der Waals surface area contributed by atoms with Crippen LogP contribution in [0.3, 0.4) is 0 Å². The summed E-state index contributed by atoms with van der Waals surface area (Å²) in [5, 5.41) is 11.6. The molecule has 76 valence electrons. The van der Waals surface area contributed by atoms with Crippen molar-refractivity contribution in [3.63, 3.8) is 0 Å². The average Bonchev–Trinajstić information content (AvgIpc) is 2.93. The number of hydrogen-bond donors (Lipinski definition) is 2. The summed E-state index contributed by atoms with van der Waals surface area (Å²) in [6.45, 7) is 3.25. The average molecular weight is 186 g/mol. The van der Waals surface area contributed by atoms with Crippen molar-refractivity contribution < 1.29 is 9.90 Å². The molecule has 0 aromatic carbocycles. The molecule has 13 heavy (non-hydrogen) atoms. The van der Waals surface area contributed by atoms with Gasteiger partial charge in [-0.15, -0.1) is 0 Å². The second-order valence-corrected chi connectivity index (χ2v) is 3.38. The number of aliphatic hydroxyl groups is 1. The minimum absolute atomic E-state index is 0.0293. The smallest absolute Gasteiger partial charge is 0.317 e. The fraction of sp³-hybridized carbons (Fsp3) is 0.889. The first kappa shape index (κ1) is 10.3. The third kappa shape index (κ3) is 3.22. The molecular formula is C9H18N2O2. The topological polar surface area (TPSA) is 52.6 Å². The number of rotatable bonds is 5.